The molecule has 2 atom stereocenters. The third-order valence-electron chi connectivity index (χ3n) is 4.07. The molecule has 0 radical (unpaired) electrons. The zero-order chi connectivity index (χ0) is 11.9. The topological polar surface area (TPSA) is 24.5 Å². The molecule has 0 spiro atoms. The standard InChI is InChI=1S/C14H28N2O/c1-2-4-13-6-8-16(12-13)9-7-15-11-14-5-3-10-17-14/h13-15H,2-12H2,1H3. The Morgan fingerprint density at radius 2 is 2.29 bits per heavy atom. The molecule has 3 nitrogen and oxygen atoms in total. The summed E-state index contributed by atoms with van der Waals surface area (Å²) in [5.74, 6) is 0.971. The zero-order valence-electron chi connectivity index (χ0n) is 11.3. The van der Waals surface area contributed by atoms with Crippen LogP contribution >= 0.6 is 0 Å². The van der Waals surface area contributed by atoms with Gasteiger partial charge in [-0.3, -0.25) is 0 Å². The number of hydrogen-bond acceptors (Lipinski definition) is 3. The van der Waals surface area contributed by atoms with Crippen molar-refractivity contribution >= 4 is 0 Å². The van der Waals surface area contributed by atoms with Gasteiger partial charge in [0, 0.05) is 32.8 Å². The van der Waals surface area contributed by atoms with Crippen LogP contribution in [0.5, 0.6) is 0 Å². The number of rotatable bonds is 7. The lowest BCUT2D eigenvalue weighted by atomic mass is 10.0. The Morgan fingerprint density at radius 3 is 3.06 bits per heavy atom. The van der Waals surface area contributed by atoms with E-state index in [4.69, 9.17) is 4.74 Å². The number of ether oxygens (including phenoxy) is 1. The van der Waals surface area contributed by atoms with E-state index >= 15 is 0 Å². The van der Waals surface area contributed by atoms with Crippen molar-refractivity contribution in [2.24, 2.45) is 5.92 Å². The van der Waals surface area contributed by atoms with Gasteiger partial charge in [0.05, 0.1) is 6.10 Å². The first-order valence-electron chi connectivity index (χ1n) is 7.43. The van der Waals surface area contributed by atoms with Gasteiger partial charge in [0.2, 0.25) is 0 Å². The Balaban J connectivity index is 1.48. The maximum absolute atomic E-state index is 5.60. The van der Waals surface area contributed by atoms with Gasteiger partial charge in [0.15, 0.2) is 0 Å². The van der Waals surface area contributed by atoms with Crippen LogP contribution in [0.25, 0.3) is 0 Å². The summed E-state index contributed by atoms with van der Waals surface area (Å²) in [6, 6.07) is 0. The van der Waals surface area contributed by atoms with Gasteiger partial charge in [0.1, 0.15) is 0 Å². The van der Waals surface area contributed by atoms with Crippen LogP contribution in [0.4, 0.5) is 0 Å². The van der Waals surface area contributed by atoms with Crippen LogP contribution in [-0.2, 0) is 4.74 Å². The Hall–Kier alpha value is -0.120. The average Bonchev–Trinajstić information content (AvgIpc) is 2.96. The van der Waals surface area contributed by atoms with E-state index in [9.17, 15) is 0 Å². The maximum Gasteiger partial charge on any atom is 0.0700 e. The molecule has 3 heteroatoms. The minimum Gasteiger partial charge on any atom is -0.377 e. The van der Waals surface area contributed by atoms with Crippen molar-refractivity contribution in [2.75, 3.05) is 39.3 Å². The van der Waals surface area contributed by atoms with Gasteiger partial charge in [-0.2, -0.15) is 0 Å². The van der Waals surface area contributed by atoms with E-state index in [1.54, 1.807) is 0 Å². The molecule has 2 heterocycles. The highest BCUT2D eigenvalue weighted by Gasteiger charge is 2.21. The summed E-state index contributed by atoms with van der Waals surface area (Å²) in [5.41, 5.74) is 0. The summed E-state index contributed by atoms with van der Waals surface area (Å²) in [7, 11) is 0. The van der Waals surface area contributed by atoms with Crippen molar-refractivity contribution in [3.63, 3.8) is 0 Å². The van der Waals surface area contributed by atoms with Gasteiger partial charge >= 0.3 is 0 Å². The molecule has 17 heavy (non-hydrogen) atoms. The van der Waals surface area contributed by atoms with Crippen molar-refractivity contribution in [2.45, 2.75) is 45.1 Å². The minimum atomic E-state index is 0.487. The lowest BCUT2D eigenvalue weighted by Gasteiger charge is -2.17. The first-order chi connectivity index (χ1) is 8.38. The highest BCUT2D eigenvalue weighted by atomic mass is 16.5. The smallest absolute Gasteiger partial charge is 0.0700 e. The summed E-state index contributed by atoms with van der Waals surface area (Å²) in [6.45, 7) is 9.29. The number of likely N-dealkylation sites (tertiary alicyclic amines) is 1. The predicted molar refractivity (Wildman–Crippen MR) is 71.3 cm³/mol. The Bertz CT molecular complexity index is 204. The van der Waals surface area contributed by atoms with E-state index in [-0.39, 0.29) is 0 Å². The van der Waals surface area contributed by atoms with E-state index in [1.165, 1.54) is 51.7 Å². The second kappa shape index (κ2) is 7.34. The van der Waals surface area contributed by atoms with Crippen LogP contribution in [0, 0.1) is 5.92 Å². The molecule has 2 aliphatic heterocycles. The molecule has 2 saturated heterocycles. The minimum absolute atomic E-state index is 0.487. The molecule has 1 N–H and O–H groups in total. The molecular weight excluding hydrogens is 212 g/mol. The molecule has 0 aliphatic carbocycles. The van der Waals surface area contributed by atoms with Gasteiger partial charge in [-0.25, -0.2) is 0 Å². The second-order valence-electron chi connectivity index (χ2n) is 5.58. The van der Waals surface area contributed by atoms with Crippen LogP contribution < -0.4 is 5.32 Å². The van der Waals surface area contributed by atoms with Gasteiger partial charge in [-0.15, -0.1) is 0 Å². The van der Waals surface area contributed by atoms with Crippen molar-refractivity contribution in [1.82, 2.24) is 10.2 Å². The fourth-order valence-electron chi connectivity index (χ4n) is 3.07. The maximum atomic E-state index is 5.60. The van der Waals surface area contributed by atoms with E-state index < -0.39 is 0 Å². The molecule has 0 amide bonds. The van der Waals surface area contributed by atoms with Gasteiger partial charge in [0.25, 0.3) is 0 Å². The fourth-order valence-corrected chi connectivity index (χ4v) is 3.07. The first-order valence-corrected chi connectivity index (χ1v) is 7.43. The summed E-state index contributed by atoms with van der Waals surface area (Å²) in [6.07, 6.45) is 7.16. The molecule has 0 aromatic carbocycles. The summed E-state index contributed by atoms with van der Waals surface area (Å²) >= 11 is 0. The van der Waals surface area contributed by atoms with Crippen molar-refractivity contribution in [1.29, 1.82) is 0 Å². The number of nitrogens with zero attached hydrogens (tertiary/aromatic N) is 1. The summed E-state index contributed by atoms with van der Waals surface area (Å²) in [5, 5.41) is 3.53. The van der Waals surface area contributed by atoms with Crippen LogP contribution in [0.1, 0.15) is 39.0 Å². The van der Waals surface area contributed by atoms with E-state index in [0.29, 0.717) is 6.10 Å². The average molecular weight is 240 g/mol. The Labute approximate surface area is 106 Å². The lowest BCUT2D eigenvalue weighted by molar-refractivity contribution is 0.109. The van der Waals surface area contributed by atoms with Crippen molar-refractivity contribution in [3.05, 3.63) is 0 Å². The molecule has 2 unspecified atom stereocenters. The second-order valence-corrected chi connectivity index (χ2v) is 5.58. The van der Waals surface area contributed by atoms with E-state index in [1.807, 2.05) is 0 Å². The molecule has 2 aliphatic rings. The molecule has 100 valence electrons. The highest BCUT2D eigenvalue weighted by Crippen LogP contribution is 2.20. The predicted octanol–water partition coefficient (Wildman–Crippen LogP) is 1.88. The van der Waals surface area contributed by atoms with Crippen molar-refractivity contribution in [3.8, 4) is 0 Å². The van der Waals surface area contributed by atoms with Gasteiger partial charge < -0.3 is 15.0 Å². The Kier molecular flexibility index (Phi) is 5.75. The summed E-state index contributed by atoms with van der Waals surface area (Å²) in [4.78, 5) is 2.61. The molecule has 2 rings (SSSR count). The van der Waals surface area contributed by atoms with Crippen LogP contribution in [-0.4, -0.2) is 50.3 Å². The Morgan fingerprint density at radius 1 is 1.35 bits per heavy atom. The van der Waals surface area contributed by atoms with Crippen LogP contribution in [0.3, 0.4) is 0 Å². The molecule has 2 fully saturated rings. The molecule has 0 aromatic heterocycles. The molecule has 0 bridgehead atoms. The van der Waals surface area contributed by atoms with Crippen LogP contribution in [0.15, 0.2) is 0 Å². The molecule has 0 saturated carbocycles. The van der Waals surface area contributed by atoms with Crippen LogP contribution in [0.2, 0.25) is 0 Å². The monoisotopic (exact) mass is 240 g/mol. The SMILES string of the molecule is CCCC1CCN(CCNCC2CCCO2)C1. The first kappa shape index (κ1) is 13.3. The largest absolute Gasteiger partial charge is 0.377 e. The van der Waals surface area contributed by atoms with Gasteiger partial charge in [-0.1, -0.05) is 13.3 Å². The third kappa shape index (κ3) is 4.57. The zero-order valence-corrected chi connectivity index (χ0v) is 11.3. The number of nitrogens with one attached hydrogen (secondary N) is 1. The highest BCUT2D eigenvalue weighted by molar-refractivity contribution is 4.76. The molecule has 0 aromatic rings. The summed E-state index contributed by atoms with van der Waals surface area (Å²) < 4.78 is 5.60. The lowest BCUT2D eigenvalue weighted by Crippen LogP contribution is -2.34. The van der Waals surface area contributed by atoms with Crippen molar-refractivity contribution < 1.29 is 4.74 Å². The van der Waals surface area contributed by atoms with E-state index in [0.717, 1.165) is 25.6 Å². The third-order valence-corrected chi connectivity index (χ3v) is 4.07. The quantitative estimate of drug-likeness (QED) is 0.688. The molecular formula is C14H28N2O. The fraction of sp³-hybridized carbons (Fsp3) is 1.00. The van der Waals surface area contributed by atoms with E-state index in [2.05, 4.69) is 17.1 Å². The van der Waals surface area contributed by atoms with Gasteiger partial charge in [-0.05, 0) is 38.1 Å². The number of hydrogen-bond donors (Lipinski definition) is 1. The normalized spacial score (nSPS) is 30.2.